The van der Waals surface area contributed by atoms with E-state index in [4.69, 9.17) is 10.5 Å². The number of carboxylic acid groups (broad SMARTS) is 1. The predicted molar refractivity (Wildman–Crippen MR) is 139 cm³/mol. The van der Waals surface area contributed by atoms with Gasteiger partial charge in [0, 0.05) is 22.8 Å². The van der Waals surface area contributed by atoms with E-state index in [0.717, 1.165) is 22.0 Å². The van der Waals surface area contributed by atoms with Crippen LogP contribution in [0.25, 0.3) is 10.9 Å². The van der Waals surface area contributed by atoms with Crippen molar-refractivity contribution in [3.05, 3.63) is 53.2 Å². The first-order valence-corrected chi connectivity index (χ1v) is 12.1. The number of benzene rings is 2. The molecule has 9 nitrogen and oxygen atoms in total. The number of aliphatic carboxylic acids is 1. The number of carboxylic acids is 1. The fourth-order valence-corrected chi connectivity index (χ4v) is 4.13. The molecule has 0 radical (unpaired) electrons. The molecule has 3 aromatic rings. The molecule has 0 aliphatic carbocycles. The van der Waals surface area contributed by atoms with Crippen LogP contribution >= 0.6 is 0 Å². The Labute approximate surface area is 210 Å². The van der Waals surface area contributed by atoms with Crippen LogP contribution < -0.4 is 21.1 Å². The number of carbonyl (C=O) groups excluding carboxylic acids is 2. The van der Waals surface area contributed by atoms with Crippen LogP contribution in [0.4, 0.5) is 5.69 Å². The maximum absolute atomic E-state index is 12.4. The number of anilines is 1. The van der Waals surface area contributed by atoms with Crippen molar-refractivity contribution in [2.75, 3.05) is 11.9 Å². The number of aromatic nitrogens is 1. The third-order valence-electron chi connectivity index (χ3n) is 6.00. The van der Waals surface area contributed by atoms with Gasteiger partial charge in [-0.25, -0.2) is 4.79 Å². The number of nitrogens with two attached hydrogens (primary N) is 1. The second kappa shape index (κ2) is 11.7. The van der Waals surface area contributed by atoms with E-state index in [1.165, 1.54) is 5.56 Å². The van der Waals surface area contributed by atoms with Gasteiger partial charge in [0.15, 0.2) is 0 Å². The number of hydrogen-bond donors (Lipinski definition) is 5. The van der Waals surface area contributed by atoms with Crippen LogP contribution in [0, 0.1) is 13.8 Å². The van der Waals surface area contributed by atoms with Crippen molar-refractivity contribution in [1.82, 2.24) is 10.3 Å². The number of amides is 2. The first-order valence-electron chi connectivity index (χ1n) is 12.1. The highest BCUT2D eigenvalue weighted by Gasteiger charge is 2.24. The van der Waals surface area contributed by atoms with E-state index < -0.39 is 23.8 Å². The Bertz CT molecular complexity index is 1240. The Morgan fingerprint density at radius 2 is 1.75 bits per heavy atom. The van der Waals surface area contributed by atoms with Crippen LogP contribution in [0.15, 0.2) is 36.5 Å². The lowest BCUT2D eigenvalue weighted by Crippen LogP contribution is -2.45. The minimum atomic E-state index is -1.19. The van der Waals surface area contributed by atoms with Crippen LogP contribution in [0.3, 0.4) is 0 Å². The van der Waals surface area contributed by atoms with Gasteiger partial charge in [0.25, 0.3) is 0 Å². The van der Waals surface area contributed by atoms with Crippen LogP contribution in [0.1, 0.15) is 55.7 Å². The zero-order chi connectivity index (χ0) is 26.4. The molecule has 0 saturated heterocycles. The second-order valence-electron chi connectivity index (χ2n) is 9.25. The fraction of sp³-hybridized carbons (Fsp3) is 0.370. The highest BCUT2D eigenvalue weighted by Crippen LogP contribution is 2.34. The fourth-order valence-electron chi connectivity index (χ4n) is 4.13. The van der Waals surface area contributed by atoms with E-state index in [1.54, 1.807) is 12.1 Å². The number of aryl methyl sites for hydroxylation is 2. The van der Waals surface area contributed by atoms with Crippen molar-refractivity contribution in [2.45, 2.75) is 58.9 Å². The van der Waals surface area contributed by atoms with Crippen molar-refractivity contribution >= 4 is 34.4 Å². The van der Waals surface area contributed by atoms with E-state index in [2.05, 4.69) is 29.5 Å². The van der Waals surface area contributed by atoms with Crippen molar-refractivity contribution in [1.29, 1.82) is 0 Å². The number of H-pyrrole nitrogens is 1. The quantitative estimate of drug-likeness (QED) is 0.209. The van der Waals surface area contributed by atoms with E-state index in [9.17, 15) is 19.5 Å². The lowest BCUT2D eigenvalue weighted by atomic mass is 10.0. The Balaban J connectivity index is 1.71. The zero-order valence-corrected chi connectivity index (χ0v) is 21.1. The number of fused-ring (bicyclic) bond motifs is 1. The number of unbranched alkanes of at least 4 members (excludes halogenated alkanes) is 1. The van der Waals surface area contributed by atoms with Gasteiger partial charge < -0.3 is 31.2 Å². The minimum absolute atomic E-state index is 0.197. The van der Waals surface area contributed by atoms with Gasteiger partial charge in [0.05, 0.1) is 0 Å². The van der Waals surface area contributed by atoms with Gasteiger partial charge in [-0.3, -0.25) is 9.59 Å². The number of rotatable bonds is 10. The van der Waals surface area contributed by atoms with Crippen LogP contribution in [-0.2, 0) is 14.4 Å². The Morgan fingerprint density at radius 3 is 2.36 bits per heavy atom. The van der Waals surface area contributed by atoms with E-state index in [0.29, 0.717) is 42.5 Å². The van der Waals surface area contributed by atoms with Gasteiger partial charge in [0.2, 0.25) is 0 Å². The summed E-state index contributed by atoms with van der Waals surface area (Å²) >= 11 is 0. The molecule has 0 saturated carbocycles. The monoisotopic (exact) mass is 494 g/mol. The molecule has 6 N–H and O–H groups in total. The summed E-state index contributed by atoms with van der Waals surface area (Å²) in [4.78, 5) is 39.4. The third-order valence-corrected chi connectivity index (χ3v) is 6.00. The maximum Gasteiger partial charge on any atom is 0.326 e. The van der Waals surface area contributed by atoms with Crippen LogP contribution in [-0.4, -0.2) is 40.5 Å². The normalized spacial score (nSPS) is 11.9. The van der Waals surface area contributed by atoms with Crippen molar-refractivity contribution < 1.29 is 24.2 Å². The smallest absolute Gasteiger partial charge is 0.326 e. The number of ether oxygens (including phenoxy) is 1. The van der Waals surface area contributed by atoms with Gasteiger partial charge in [0.1, 0.15) is 17.5 Å². The Kier molecular flexibility index (Phi) is 8.71. The Hall–Kier alpha value is -3.85. The molecule has 36 heavy (non-hydrogen) atoms. The van der Waals surface area contributed by atoms with Crippen LogP contribution in [0.2, 0.25) is 0 Å². The predicted octanol–water partition coefficient (Wildman–Crippen LogP) is 4.34. The summed E-state index contributed by atoms with van der Waals surface area (Å²) in [6, 6.07) is 8.15. The number of hydrogen-bond acceptors (Lipinski definition) is 5. The lowest BCUT2D eigenvalue weighted by molar-refractivity contribution is -0.143. The Morgan fingerprint density at radius 1 is 1.06 bits per heavy atom. The molecule has 0 aliphatic heterocycles. The van der Waals surface area contributed by atoms with Crippen molar-refractivity contribution in [3.8, 4) is 11.5 Å². The molecule has 1 unspecified atom stereocenters. The molecule has 9 heteroatoms. The SMILES string of the molecule is Cc1cc(NC(=O)C(=O)NC(CCCCN)C(=O)O)cc(C)c1Oc1ccc2[nH]cc(C(C)C)c2c1. The minimum Gasteiger partial charge on any atom is -0.480 e. The lowest BCUT2D eigenvalue weighted by Gasteiger charge is -2.16. The molecule has 1 heterocycles. The average Bonchev–Trinajstić information content (AvgIpc) is 3.24. The molecule has 1 atom stereocenters. The van der Waals surface area contributed by atoms with E-state index in [-0.39, 0.29) is 6.42 Å². The molecular formula is C27H34N4O5. The first kappa shape index (κ1) is 26.7. The molecule has 0 aliphatic rings. The largest absolute Gasteiger partial charge is 0.480 e. The molecule has 1 aromatic heterocycles. The average molecular weight is 495 g/mol. The van der Waals surface area contributed by atoms with Gasteiger partial charge in [-0.15, -0.1) is 0 Å². The summed E-state index contributed by atoms with van der Waals surface area (Å²) in [6.07, 6.45) is 3.38. The van der Waals surface area contributed by atoms with Gasteiger partial charge in [-0.2, -0.15) is 0 Å². The van der Waals surface area contributed by atoms with Crippen molar-refractivity contribution in [2.24, 2.45) is 5.73 Å². The van der Waals surface area contributed by atoms with Gasteiger partial charge >= 0.3 is 17.8 Å². The maximum atomic E-state index is 12.4. The number of carbonyl (C=O) groups is 3. The summed E-state index contributed by atoms with van der Waals surface area (Å²) in [7, 11) is 0. The highest BCUT2D eigenvalue weighted by atomic mass is 16.5. The molecule has 2 amide bonds. The summed E-state index contributed by atoms with van der Waals surface area (Å²) in [6.45, 7) is 8.41. The molecular weight excluding hydrogens is 460 g/mol. The van der Waals surface area contributed by atoms with Gasteiger partial charge in [-0.05, 0) is 92.6 Å². The topological polar surface area (TPSA) is 147 Å². The van der Waals surface area contributed by atoms with E-state index in [1.807, 2.05) is 38.2 Å². The summed E-state index contributed by atoms with van der Waals surface area (Å²) in [5, 5.41) is 15.2. The summed E-state index contributed by atoms with van der Waals surface area (Å²) in [5.74, 6) is -1.42. The summed E-state index contributed by atoms with van der Waals surface area (Å²) in [5.41, 5.74) is 9.64. The number of nitrogens with one attached hydrogen (secondary N) is 3. The molecule has 3 rings (SSSR count). The molecule has 0 spiro atoms. The molecule has 192 valence electrons. The number of aromatic amines is 1. The van der Waals surface area contributed by atoms with Gasteiger partial charge in [-0.1, -0.05) is 13.8 Å². The first-order chi connectivity index (χ1) is 17.1. The zero-order valence-electron chi connectivity index (χ0n) is 21.1. The molecule has 0 bridgehead atoms. The third kappa shape index (κ3) is 6.42. The summed E-state index contributed by atoms with van der Waals surface area (Å²) < 4.78 is 6.21. The standard InChI is InChI=1S/C27H34N4O5/c1-15(2)21-14-29-22-9-8-19(13-20(21)22)36-24-16(3)11-18(12-17(24)4)30-25(32)26(33)31-23(27(34)35)7-5-6-10-28/h8-9,11-15,23,29H,5-7,10,28H2,1-4H3,(H,30,32)(H,31,33)(H,34,35). The van der Waals surface area contributed by atoms with Crippen molar-refractivity contribution in [3.63, 3.8) is 0 Å². The molecule has 2 aromatic carbocycles. The highest BCUT2D eigenvalue weighted by molar-refractivity contribution is 6.40. The second-order valence-corrected chi connectivity index (χ2v) is 9.25. The van der Waals surface area contributed by atoms with E-state index >= 15 is 0 Å². The molecule has 0 fully saturated rings. The van der Waals surface area contributed by atoms with Crippen LogP contribution in [0.5, 0.6) is 11.5 Å².